The Morgan fingerprint density at radius 3 is 2.68 bits per heavy atom. The van der Waals surface area contributed by atoms with Gasteiger partial charge in [0.1, 0.15) is 5.75 Å². The second kappa shape index (κ2) is 8.41. The number of benzene rings is 2. The Balaban J connectivity index is 1.62. The number of methoxy groups -OCH3 is 1. The van der Waals surface area contributed by atoms with E-state index in [1.165, 1.54) is 19.2 Å². The van der Waals surface area contributed by atoms with Crippen molar-refractivity contribution >= 4 is 15.7 Å². The summed E-state index contributed by atoms with van der Waals surface area (Å²) in [4.78, 5) is 6.48. The van der Waals surface area contributed by atoms with Gasteiger partial charge in [-0.1, -0.05) is 0 Å². The number of hydrogen-bond donors (Lipinski definition) is 1. The number of anilines is 1. The molecule has 0 saturated carbocycles. The molecule has 1 atom stereocenters. The summed E-state index contributed by atoms with van der Waals surface area (Å²) >= 11 is 0. The van der Waals surface area contributed by atoms with Gasteiger partial charge in [-0.25, -0.2) is 18.1 Å². The van der Waals surface area contributed by atoms with Crippen molar-refractivity contribution in [2.45, 2.75) is 23.9 Å². The third kappa shape index (κ3) is 4.40. The molecule has 1 aliphatic heterocycles. The number of aromatic nitrogens is 2. The van der Waals surface area contributed by atoms with Gasteiger partial charge in [0, 0.05) is 31.5 Å². The highest BCUT2D eigenvalue weighted by Crippen LogP contribution is 2.30. The minimum atomic E-state index is -3.71. The summed E-state index contributed by atoms with van der Waals surface area (Å²) in [5.74, 6) is 0.594. The Hall–Kier alpha value is -3.35. The van der Waals surface area contributed by atoms with Gasteiger partial charge in [0.25, 0.3) is 0 Å². The molecule has 0 radical (unpaired) electrons. The Labute approximate surface area is 181 Å². The predicted octanol–water partition coefficient (Wildman–Crippen LogP) is 2.21. The van der Waals surface area contributed by atoms with Crippen LogP contribution in [0.25, 0.3) is 0 Å². The van der Waals surface area contributed by atoms with Crippen molar-refractivity contribution in [2.24, 2.45) is 7.05 Å². The molecule has 0 spiro atoms. The average Bonchev–Trinajstić information content (AvgIpc) is 3.17. The lowest BCUT2D eigenvalue weighted by Gasteiger charge is -2.36. The maximum atomic E-state index is 13.0. The van der Waals surface area contributed by atoms with E-state index in [0.29, 0.717) is 30.8 Å². The van der Waals surface area contributed by atoms with E-state index in [1.54, 1.807) is 30.7 Å². The van der Waals surface area contributed by atoms with E-state index in [-0.39, 0.29) is 10.9 Å². The summed E-state index contributed by atoms with van der Waals surface area (Å²) in [6.07, 6.45) is 4.04. The van der Waals surface area contributed by atoms with Crippen LogP contribution in [0.3, 0.4) is 0 Å². The molecule has 1 aromatic heterocycles. The number of nitriles is 1. The van der Waals surface area contributed by atoms with Gasteiger partial charge >= 0.3 is 0 Å². The summed E-state index contributed by atoms with van der Waals surface area (Å²) < 4.78 is 35.8. The van der Waals surface area contributed by atoms with Crippen LogP contribution in [0.15, 0.2) is 59.9 Å². The van der Waals surface area contributed by atoms with E-state index < -0.39 is 10.0 Å². The number of aryl methyl sites for hydroxylation is 1. The summed E-state index contributed by atoms with van der Waals surface area (Å²) in [7, 11) is -0.250. The fourth-order valence-corrected chi connectivity index (χ4v) is 5.05. The smallest absolute Gasteiger partial charge is 0.240 e. The topological polar surface area (TPSA) is 100 Å². The first-order chi connectivity index (χ1) is 14.9. The van der Waals surface area contributed by atoms with Crippen molar-refractivity contribution < 1.29 is 13.2 Å². The molecule has 9 heteroatoms. The lowest BCUT2D eigenvalue weighted by atomic mass is 9.96. The second-order valence-electron chi connectivity index (χ2n) is 7.53. The molecule has 3 aromatic rings. The molecule has 0 aliphatic carbocycles. The first-order valence-corrected chi connectivity index (χ1v) is 11.3. The lowest BCUT2D eigenvalue weighted by molar-refractivity contribution is 0.414. The maximum absolute atomic E-state index is 13.0. The number of ether oxygens (including phenoxy) is 1. The van der Waals surface area contributed by atoms with Crippen LogP contribution in [0, 0.1) is 11.3 Å². The highest BCUT2D eigenvalue weighted by molar-refractivity contribution is 7.89. The van der Waals surface area contributed by atoms with Gasteiger partial charge in [-0.15, -0.1) is 0 Å². The fraction of sp³-hybridized carbons (Fsp3) is 0.273. The molecule has 2 aromatic carbocycles. The van der Waals surface area contributed by atoms with Crippen LogP contribution in [0.4, 0.5) is 5.69 Å². The van der Waals surface area contributed by atoms with Gasteiger partial charge < -0.3 is 14.2 Å². The summed E-state index contributed by atoms with van der Waals surface area (Å²) in [6.45, 7) is 1.08. The minimum Gasteiger partial charge on any atom is -0.497 e. The molecule has 2 heterocycles. The first kappa shape index (κ1) is 20.9. The standard InChI is InChI=1S/C22H23N5O3S/c1-26-15-24-12-19(26)14-27-13-18(10-17-9-16(11-23)3-8-22(17)27)25-31(28,29)21-6-4-20(30-2)5-7-21/h3-9,12,15,18,25H,10,13-14H2,1-2H3. The Morgan fingerprint density at radius 1 is 1.26 bits per heavy atom. The zero-order valence-corrected chi connectivity index (χ0v) is 18.1. The second-order valence-corrected chi connectivity index (χ2v) is 9.24. The van der Waals surface area contributed by atoms with Crippen LogP contribution < -0.4 is 14.4 Å². The van der Waals surface area contributed by atoms with E-state index in [2.05, 4.69) is 20.7 Å². The molecule has 0 saturated heterocycles. The molecule has 1 aliphatic rings. The van der Waals surface area contributed by atoms with E-state index in [1.807, 2.05) is 23.7 Å². The monoisotopic (exact) mass is 437 g/mol. The summed E-state index contributed by atoms with van der Waals surface area (Å²) in [5.41, 5.74) is 3.50. The zero-order chi connectivity index (χ0) is 22.0. The van der Waals surface area contributed by atoms with Crippen LogP contribution in [0.2, 0.25) is 0 Å². The first-order valence-electron chi connectivity index (χ1n) is 9.79. The molecular formula is C22H23N5O3S. The third-order valence-corrected chi connectivity index (χ3v) is 6.95. The Bertz CT molecular complexity index is 1230. The SMILES string of the molecule is COc1ccc(S(=O)(=O)NC2Cc3cc(C#N)ccc3N(Cc3cncn3C)C2)cc1. The van der Waals surface area contributed by atoms with Crippen molar-refractivity contribution in [3.05, 3.63) is 71.8 Å². The molecule has 8 nitrogen and oxygen atoms in total. The highest BCUT2D eigenvalue weighted by Gasteiger charge is 2.29. The number of hydrogen-bond acceptors (Lipinski definition) is 6. The van der Waals surface area contributed by atoms with Gasteiger partial charge in [-0.3, -0.25) is 0 Å². The normalized spacial score (nSPS) is 15.9. The third-order valence-electron chi connectivity index (χ3n) is 5.42. The van der Waals surface area contributed by atoms with Crippen LogP contribution in [0.5, 0.6) is 5.75 Å². The van der Waals surface area contributed by atoms with Crippen LogP contribution >= 0.6 is 0 Å². The minimum absolute atomic E-state index is 0.183. The Kier molecular flexibility index (Phi) is 5.67. The molecule has 1 N–H and O–H groups in total. The fourth-order valence-electron chi connectivity index (χ4n) is 3.82. The molecule has 31 heavy (non-hydrogen) atoms. The molecule has 0 amide bonds. The number of nitrogens with one attached hydrogen (secondary N) is 1. The van der Waals surface area contributed by atoms with Crippen LogP contribution in [0.1, 0.15) is 16.8 Å². The van der Waals surface area contributed by atoms with Gasteiger partial charge in [0.15, 0.2) is 0 Å². The van der Waals surface area contributed by atoms with Crippen molar-refractivity contribution in [3.8, 4) is 11.8 Å². The van der Waals surface area contributed by atoms with Crippen molar-refractivity contribution in [1.29, 1.82) is 5.26 Å². The predicted molar refractivity (Wildman–Crippen MR) is 116 cm³/mol. The number of nitrogens with zero attached hydrogens (tertiary/aromatic N) is 4. The number of sulfonamides is 1. The zero-order valence-electron chi connectivity index (χ0n) is 17.3. The van der Waals surface area contributed by atoms with E-state index >= 15 is 0 Å². The molecule has 0 fully saturated rings. The van der Waals surface area contributed by atoms with E-state index in [9.17, 15) is 13.7 Å². The molecule has 0 bridgehead atoms. The van der Waals surface area contributed by atoms with Gasteiger partial charge in [-0.05, 0) is 54.4 Å². The summed E-state index contributed by atoms with van der Waals surface area (Å²) in [6, 6.07) is 13.7. The van der Waals surface area contributed by atoms with Gasteiger partial charge in [0.2, 0.25) is 10.0 Å². The van der Waals surface area contributed by atoms with Crippen molar-refractivity contribution in [3.63, 3.8) is 0 Å². The van der Waals surface area contributed by atoms with Crippen LogP contribution in [-0.4, -0.2) is 37.7 Å². The number of imidazole rings is 1. The van der Waals surface area contributed by atoms with Gasteiger partial charge in [0.05, 0.1) is 42.2 Å². The summed E-state index contributed by atoms with van der Waals surface area (Å²) in [5, 5.41) is 9.30. The van der Waals surface area contributed by atoms with Crippen LogP contribution in [-0.2, 0) is 30.0 Å². The Morgan fingerprint density at radius 2 is 2.03 bits per heavy atom. The molecule has 1 unspecified atom stereocenters. The quantitative estimate of drug-likeness (QED) is 0.635. The van der Waals surface area contributed by atoms with Crippen molar-refractivity contribution in [1.82, 2.24) is 14.3 Å². The highest BCUT2D eigenvalue weighted by atomic mass is 32.2. The maximum Gasteiger partial charge on any atom is 0.240 e. The lowest BCUT2D eigenvalue weighted by Crippen LogP contribution is -2.48. The molecule has 160 valence electrons. The molecular weight excluding hydrogens is 414 g/mol. The van der Waals surface area contributed by atoms with E-state index in [0.717, 1.165) is 16.9 Å². The van der Waals surface area contributed by atoms with E-state index in [4.69, 9.17) is 4.74 Å². The number of rotatable bonds is 6. The molecule has 4 rings (SSSR count). The number of fused-ring (bicyclic) bond motifs is 1. The van der Waals surface area contributed by atoms with Gasteiger partial charge in [-0.2, -0.15) is 5.26 Å². The average molecular weight is 438 g/mol. The van der Waals surface area contributed by atoms with Crippen molar-refractivity contribution in [2.75, 3.05) is 18.6 Å². The largest absolute Gasteiger partial charge is 0.497 e.